The Balaban J connectivity index is 1.79. The number of benzene rings is 3. The number of nitrogens with one attached hydrogen (secondary N) is 1. The molecule has 7 heteroatoms. The molecule has 3 aromatic carbocycles. The van der Waals surface area contributed by atoms with Gasteiger partial charge in [0, 0.05) is 18.2 Å². The number of nitriles is 1. The van der Waals surface area contributed by atoms with Gasteiger partial charge >= 0.3 is 5.97 Å². The number of carboxylic acid groups (broad SMARTS) is 1. The van der Waals surface area contributed by atoms with Gasteiger partial charge in [-0.25, -0.2) is 9.18 Å². The Morgan fingerprint density at radius 3 is 2.31 bits per heavy atom. The zero-order valence-corrected chi connectivity index (χ0v) is 17.5. The van der Waals surface area contributed by atoms with Crippen LogP contribution in [0.4, 0.5) is 10.1 Å². The first-order chi connectivity index (χ1) is 15.5. The Morgan fingerprint density at radius 2 is 1.72 bits per heavy atom. The Morgan fingerprint density at radius 1 is 1.06 bits per heavy atom. The van der Waals surface area contributed by atoms with Crippen molar-refractivity contribution >= 4 is 11.7 Å². The maximum Gasteiger partial charge on any atom is 0.330 e. The van der Waals surface area contributed by atoms with Crippen molar-refractivity contribution in [2.75, 3.05) is 18.5 Å². The topological polar surface area (TPSA) is 91.6 Å². The molecule has 0 fully saturated rings. The molecule has 3 rings (SSSR count). The van der Waals surface area contributed by atoms with Gasteiger partial charge in [0.05, 0.1) is 24.8 Å². The first kappa shape index (κ1) is 22.6. The van der Waals surface area contributed by atoms with Crippen molar-refractivity contribution in [3.63, 3.8) is 0 Å². The van der Waals surface area contributed by atoms with E-state index >= 15 is 0 Å². The summed E-state index contributed by atoms with van der Waals surface area (Å²) in [6.07, 6.45) is 0.570. The van der Waals surface area contributed by atoms with Crippen LogP contribution in [0.25, 0.3) is 0 Å². The SMILES string of the molecule is CCOc1cc(OCCc2ccc(F)cc2)cc(C(Nc2ccc(C#N)cc2)C(=O)O)c1. The van der Waals surface area contributed by atoms with Crippen LogP contribution in [0, 0.1) is 17.1 Å². The van der Waals surface area contributed by atoms with Crippen LogP contribution in [0.15, 0.2) is 66.7 Å². The standard InChI is InChI=1S/C25H23FN2O4/c1-2-31-22-13-19(24(25(29)30)28-21-9-5-18(16-27)6-10-21)14-23(15-22)32-12-11-17-3-7-20(26)8-4-17/h3-10,13-15,24,28H,2,11-12H2,1H3,(H,29,30). The third-order valence-electron chi connectivity index (χ3n) is 4.69. The van der Waals surface area contributed by atoms with Crippen molar-refractivity contribution in [2.24, 2.45) is 0 Å². The highest BCUT2D eigenvalue weighted by Crippen LogP contribution is 2.29. The quantitative estimate of drug-likeness (QED) is 0.469. The van der Waals surface area contributed by atoms with Crippen LogP contribution < -0.4 is 14.8 Å². The number of ether oxygens (including phenoxy) is 2. The van der Waals surface area contributed by atoms with Gasteiger partial charge in [0.25, 0.3) is 0 Å². The van der Waals surface area contributed by atoms with Crippen molar-refractivity contribution in [3.8, 4) is 17.6 Å². The summed E-state index contributed by atoms with van der Waals surface area (Å²) in [5.41, 5.74) is 2.44. The van der Waals surface area contributed by atoms with Crippen LogP contribution in [0.2, 0.25) is 0 Å². The van der Waals surface area contributed by atoms with Gasteiger partial charge in [-0.1, -0.05) is 12.1 Å². The first-order valence-corrected chi connectivity index (χ1v) is 10.1. The van der Waals surface area contributed by atoms with Gasteiger partial charge in [0.15, 0.2) is 6.04 Å². The minimum absolute atomic E-state index is 0.293. The van der Waals surface area contributed by atoms with Gasteiger partial charge in [0.2, 0.25) is 0 Å². The third-order valence-corrected chi connectivity index (χ3v) is 4.69. The molecule has 3 aromatic rings. The smallest absolute Gasteiger partial charge is 0.330 e. The van der Waals surface area contributed by atoms with E-state index in [1.807, 2.05) is 13.0 Å². The molecule has 0 heterocycles. The largest absolute Gasteiger partial charge is 0.494 e. The van der Waals surface area contributed by atoms with E-state index in [4.69, 9.17) is 14.7 Å². The van der Waals surface area contributed by atoms with E-state index in [0.717, 1.165) is 5.56 Å². The monoisotopic (exact) mass is 434 g/mol. The van der Waals surface area contributed by atoms with Crippen molar-refractivity contribution in [3.05, 3.63) is 89.2 Å². The maximum atomic E-state index is 13.1. The van der Waals surface area contributed by atoms with Crippen molar-refractivity contribution in [2.45, 2.75) is 19.4 Å². The average molecular weight is 434 g/mol. The second-order valence-corrected chi connectivity index (χ2v) is 7.00. The van der Waals surface area contributed by atoms with Gasteiger partial charge in [-0.15, -0.1) is 0 Å². The van der Waals surface area contributed by atoms with Gasteiger partial charge < -0.3 is 19.9 Å². The molecular weight excluding hydrogens is 411 g/mol. The van der Waals surface area contributed by atoms with Gasteiger partial charge in [-0.3, -0.25) is 0 Å². The Labute approximate surface area is 185 Å². The maximum absolute atomic E-state index is 13.1. The Kier molecular flexibility index (Phi) is 7.65. The molecule has 0 amide bonds. The molecule has 2 N–H and O–H groups in total. The molecule has 0 aliphatic carbocycles. The minimum Gasteiger partial charge on any atom is -0.494 e. The molecule has 0 bridgehead atoms. The summed E-state index contributed by atoms with van der Waals surface area (Å²) >= 11 is 0. The van der Waals surface area contributed by atoms with Crippen LogP contribution in [0.1, 0.15) is 29.7 Å². The second-order valence-electron chi connectivity index (χ2n) is 7.00. The molecule has 164 valence electrons. The van der Waals surface area contributed by atoms with Crippen LogP contribution in [-0.4, -0.2) is 24.3 Å². The molecule has 0 saturated carbocycles. The van der Waals surface area contributed by atoms with Gasteiger partial charge in [-0.2, -0.15) is 5.26 Å². The van der Waals surface area contributed by atoms with E-state index in [-0.39, 0.29) is 5.82 Å². The van der Waals surface area contributed by atoms with Crippen LogP contribution >= 0.6 is 0 Å². The number of carboxylic acids is 1. The highest BCUT2D eigenvalue weighted by molar-refractivity contribution is 5.79. The van der Waals surface area contributed by atoms with Crippen molar-refractivity contribution in [1.82, 2.24) is 0 Å². The molecular formula is C25H23FN2O4. The normalized spacial score (nSPS) is 11.3. The number of rotatable bonds is 10. The molecule has 32 heavy (non-hydrogen) atoms. The zero-order chi connectivity index (χ0) is 22.9. The van der Waals surface area contributed by atoms with Gasteiger partial charge in [0.1, 0.15) is 17.3 Å². The third kappa shape index (κ3) is 6.22. The lowest BCUT2D eigenvalue weighted by atomic mass is 10.1. The summed E-state index contributed by atoms with van der Waals surface area (Å²) < 4.78 is 24.5. The predicted octanol–water partition coefficient (Wildman–Crippen LogP) is 4.96. The van der Waals surface area contributed by atoms with E-state index in [1.165, 1.54) is 12.1 Å². The van der Waals surface area contributed by atoms with Gasteiger partial charge in [-0.05, 0) is 66.6 Å². The molecule has 0 spiro atoms. The summed E-state index contributed by atoms with van der Waals surface area (Å²) in [6.45, 7) is 2.59. The molecule has 0 aliphatic rings. The Bertz CT molecular complexity index is 1090. The molecule has 0 radical (unpaired) electrons. The predicted molar refractivity (Wildman–Crippen MR) is 118 cm³/mol. The lowest BCUT2D eigenvalue weighted by Crippen LogP contribution is -2.20. The highest BCUT2D eigenvalue weighted by Gasteiger charge is 2.21. The number of aliphatic carboxylic acids is 1. The van der Waals surface area contributed by atoms with Crippen LogP contribution in [0.3, 0.4) is 0 Å². The number of hydrogen-bond donors (Lipinski definition) is 2. The number of hydrogen-bond acceptors (Lipinski definition) is 5. The fraction of sp³-hybridized carbons (Fsp3) is 0.200. The number of anilines is 1. The summed E-state index contributed by atoms with van der Waals surface area (Å²) in [4.78, 5) is 12.0. The summed E-state index contributed by atoms with van der Waals surface area (Å²) in [5.74, 6) is -0.394. The lowest BCUT2D eigenvalue weighted by molar-refractivity contribution is -0.138. The highest BCUT2D eigenvalue weighted by atomic mass is 19.1. The molecule has 0 aromatic heterocycles. The fourth-order valence-corrected chi connectivity index (χ4v) is 3.13. The second kappa shape index (κ2) is 10.8. The van der Waals surface area contributed by atoms with E-state index in [2.05, 4.69) is 5.32 Å². The molecule has 1 unspecified atom stereocenters. The molecule has 1 atom stereocenters. The average Bonchev–Trinajstić information content (AvgIpc) is 2.79. The number of nitrogens with zero attached hydrogens (tertiary/aromatic N) is 1. The summed E-state index contributed by atoms with van der Waals surface area (Å²) in [6, 6.07) is 18.7. The fourth-order valence-electron chi connectivity index (χ4n) is 3.13. The zero-order valence-electron chi connectivity index (χ0n) is 17.5. The van der Waals surface area contributed by atoms with E-state index in [9.17, 15) is 14.3 Å². The van der Waals surface area contributed by atoms with E-state index < -0.39 is 12.0 Å². The number of halogens is 1. The molecule has 0 aliphatic heterocycles. The van der Waals surface area contributed by atoms with Crippen molar-refractivity contribution in [1.29, 1.82) is 5.26 Å². The van der Waals surface area contributed by atoms with E-state index in [1.54, 1.807) is 54.6 Å². The summed E-state index contributed by atoms with van der Waals surface area (Å²) in [7, 11) is 0. The van der Waals surface area contributed by atoms with Crippen LogP contribution in [0.5, 0.6) is 11.5 Å². The molecule has 6 nitrogen and oxygen atoms in total. The van der Waals surface area contributed by atoms with E-state index in [0.29, 0.717) is 47.9 Å². The minimum atomic E-state index is -1.07. The van der Waals surface area contributed by atoms with Crippen LogP contribution in [-0.2, 0) is 11.2 Å². The Hall–Kier alpha value is -4.05. The lowest BCUT2D eigenvalue weighted by Gasteiger charge is -2.19. The summed E-state index contributed by atoms with van der Waals surface area (Å²) in [5, 5.41) is 21.7. The first-order valence-electron chi connectivity index (χ1n) is 10.1. The van der Waals surface area contributed by atoms with Crippen molar-refractivity contribution < 1.29 is 23.8 Å². The molecule has 0 saturated heterocycles. The number of carbonyl (C=O) groups is 1.